The Kier molecular flexibility index (Phi) is 8.07. The van der Waals surface area contributed by atoms with Gasteiger partial charge in [0.1, 0.15) is 5.00 Å². The van der Waals surface area contributed by atoms with Gasteiger partial charge in [0.25, 0.3) is 0 Å². The van der Waals surface area contributed by atoms with Crippen molar-refractivity contribution in [3.05, 3.63) is 57.9 Å². The summed E-state index contributed by atoms with van der Waals surface area (Å²) in [6, 6.07) is 7.41. The molecule has 1 aliphatic carbocycles. The lowest BCUT2D eigenvalue weighted by Crippen LogP contribution is -2.17. The summed E-state index contributed by atoms with van der Waals surface area (Å²) in [5.74, 6) is 0.133. The van der Waals surface area contributed by atoms with Crippen LogP contribution in [0.3, 0.4) is 0 Å². The fraction of sp³-hybridized carbons (Fsp3) is 0.333. The van der Waals surface area contributed by atoms with Crippen LogP contribution in [0.1, 0.15) is 40.6 Å². The first-order valence-corrected chi connectivity index (χ1v) is 13.2. The van der Waals surface area contributed by atoms with E-state index in [-0.39, 0.29) is 17.6 Å². The Morgan fingerprint density at radius 3 is 2.85 bits per heavy atom. The molecule has 0 saturated heterocycles. The first-order valence-electron chi connectivity index (χ1n) is 11.1. The van der Waals surface area contributed by atoms with Crippen LogP contribution in [0, 0.1) is 0 Å². The van der Waals surface area contributed by atoms with Crippen LogP contribution in [0.2, 0.25) is 5.02 Å². The third kappa shape index (κ3) is 5.21. The SMILES string of the molecule is C=CCn1c(SCC(=O)Nc2sc3c(c2C(=O)OCC)CCCC3)nnc1-c1ccccc1Cl. The average molecular weight is 517 g/mol. The molecule has 1 amide bonds. The van der Waals surface area contributed by atoms with Crippen LogP contribution < -0.4 is 5.32 Å². The fourth-order valence-electron chi connectivity index (χ4n) is 3.90. The molecule has 0 aliphatic heterocycles. The van der Waals surface area contributed by atoms with E-state index < -0.39 is 0 Å². The molecule has 2 heterocycles. The van der Waals surface area contributed by atoms with Crippen molar-refractivity contribution in [2.75, 3.05) is 17.7 Å². The number of rotatable bonds is 9. The number of benzene rings is 1. The van der Waals surface area contributed by atoms with E-state index in [0.29, 0.717) is 39.7 Å². The van der Waals surface area contributed by atoms with Gasteiger partial charge in [0.15, 0.2) is 11.0 Å². The molecule has 34 heavy (non-hydrogen) atoms. The van der Waals surface area contributed by atoms with Crippen LogP contribution in [0.5, 0.6) is 0 Å². The highest BCUT2D eigenvalue weighted by molar-refractivity contribution is 7.99. The molecule has 0 fully saturated rings. The van der Waals surface area contributed by atoms with Crippen molar-refractivity contribution < 1.29 is 14.3 Å². The molecular weight excluding hydrogens is 492 g/mol. The fourth-order valence-corrected chi connectivity index (χ4v) is 6.16. The summed E-state index contributed by atoms with van der Waals surface area (Å²) in [5, 5.41) is 13.2. The molecule has 0 atom stereocenters. The number of esters is 1. The normalized spacial score (nSPS) is 12.8. The summed E-state index contributed by atoms with van der Waals surface area (Å²) in [7, 11) is 0. The van der Waals surface area contributed by atoms with Crippen molar-refractivity contribution >= 4 is 51.6 Å². The molecule has 7 nitrogen and oxygen atoms in total. The number of halogens is 1. The summed E-state index contributed by atoms with van der Waals surface area (Å²) in [6.07, 6.45) is 5.63. The number of nitrogens with zero attached hydrogens (tertiary/aromatic N) is 3. The average Bonchev–Trinajstić information content (AvgIpc) is 3.39. The summed E-state index contributed by atoms with van der Waals surface area (Å²) >= 11 is 9.10. The molecule has 4 rings (SSSR count). The van der Waals surface area contributed by atoms with Crippen molar-refractivity contribution in [2.24, 2.45) is 0 Å². The summed E-state index contributed by atoms with van der Waals surface area (Å²) in [4.78, 5) is 26.6. The Morgan fingerprint density at radius 1 is 1.29 bits per heavy atom. The molecule has 3 aromatic rings. The lowest BCUT2D eigenvalue weighted by Gasteiger charge is -2.12. The zero-order chi connectivity index (χ0) is 24.1. The molecule has 10 heteroatoms. The highest BCUT2D eigenvalue weighted by atomic mass is 35.5. The molecule has 0 spiro atoms. The second kappa shape index (κ2) is 11.2. The van der Waals surface area contributed by atoms with Crippen LogP contribution in [0.25, 0.3) is 11.4 Å². The lowest BCUT2D eigenvalue weighted by atomic mass is 9.95. The van der Waals surface area contributed by atoms with Crippen molar-refractivity contribution in [3.8, 4) is 11.4 Å². The molecule has 0 bridgehead atoms. The first kappa shape index (κ1) is 24.5. The van der Waals surface area contributed by atoms with Crippen LogP contribution in [0.4, 0.5) is 5.00 Å². The van der Waals surface area contributed by atoms with E-state index in [2.05, 4.69) is 22.1 Å². The number of fused-ring (bicyclic) bond motifs is 1. The van der Waals surface area contributed by atoms with E-state index in [1.165, 1.54) is 23.1 Å². The van der Waals surface area contributed by atoms with Gasteiger partial charge in [-0.2, -0.15) is 0 Å². The second-order valence-electron chi connectivity index (χ2n) is 7.66. The number of hydrogen-bond acceptors (Lipinski definition) is 7. The first-order chi connectivity index (χ1) is 16.5. The van der Waals surface area contributed by atoms with Crippen molar-refractivity contribution in [2.45, 2.75) is 44.3 Å². The van der Waals surface area contributed by atoms with Gasteiger partial charge >= 0.3 is 5.97 Å². The van der Waals surface area contributed by atoms with E-state index in [0.717, 1.165) is 41.7 Å². The lowest BCUT2D eigenvalue weighted by molar-refractivity contribution is -0.113. The van der Waals surface area contributed by atoms with Gasteiger partial charge in [-0.25, -0.2) is 4.79 Å². The van der Waals surface area contributed by atoms with Crippen LogP contribution in [-0.2, 0) is 28.9 Å². The number of ether oxygens (including phenoxy) is 1. The van der Waals surface area contributed by atoms with Gasteiger partial charge in [-0.05, 0) is 50.3 Å². The predicted octanol–water partition coefficient (Wildman–Crippen LogP) is 5.63. The number of aromatic nitrogens is 3. The van der Waals surface area contributed by atoms with Crippen LogP contribution in [-0.4, -0.2) is 39.0 Å². The maximum Gasteiger partial charge on any atom is 0.341 e. The Balaban J connectivity index is 1.51. The number of thiophene rings is 1. The van der Waals surface area contributed by atoms with Crippen LogP contribution >= 0.6 is 34.7 Å². The number of hydrogen-bond donors (Lipinski definition) is 1. The third-order valence-corrected chi connectivity index (χ3v) is 7.88. The Bertz CT molecular complexity index is 1220. The minimum absolute atomic E-state index is 0.114. The number of thioether (sulfide) groups is 1. The number of carbonyl (C=O) groups is 2. The summed E-state index contributed by atoms with van der Waals surface area (Å²) in [5.41, 5.74) is 2.29. The van der Waals surface area contributed by atoms with Crippen molar-refractivity contribution in [1.82, 2.24) is 14.8 Å². The second-order valence-corrected chi connectivity index (χ2v) is 10.1. The minimum Gasteiger partial charge on any atom is -0.462 e. The largest absolute Gasteiger partial charge is 0.462 e. The molecule has 2 aromatic heterocycles. The number of nitrogens with one attached hydrogen (secondary N) is 1. The number of allylic oxidation sites excluding steroid dienone is 1. The third-order valence-electron chi connectivity index (χ3n) is 5.38. The molecule has 1 N–H and O–H groups in total. The Morgan fingerprint density at radius 2 is 2.09 bits per heavy atom. The molecular formula is C24H25ClN4O3S2. The van der Waals surface area contributed by atoms with Gasteiger partial charge in [0, 0.05) is 17.0 Å². The molecule has 0 saturated carbocycles. The molecule has 1 aromatic carbocycles. The van der Waals surface area contributed by atoms with Crippen LogP contribution in [0.15, 0.2) is 42.1 Å². The number of amides is 1. The maximum absolute atomic E-state index is 12.9. The van der Waals surface area contributed by atoms with E-state index in [4.69, 9.17) is 16.3 Å². The van der Waals surface area contributed by atoms with Gasteiger partial charge in [-0.1, -0.05) is 41.6 Å². The van der Waals surface area contributed by atoms with Gasteiger partial charge in [0.05, 0.1) is 22.9 Å². The topological polar surface area (TPSA) is 86.1 Å². The maximum atomic E-state index is 12.9. The number of carbonyl (C=O) groups excluding carboxylic acids is 2. The van der Waals surface area contributed by atoms with E-state index >= 15 is 0 Å². The zero-order valence-corrected chi connectivity index (χ0v) is 21.2. The van der Waals surface area contributed by atoms with E-state index in [9.17, 15) is 9.59 Å². The predicted molar refractivity (Wildman–Crippen MR) is 137 cm³/mol. The van der Waals surface area contributed by atoms with Gasteiger partial charge in [-0.15, -0.1) is 28.1 Å². The molecule has 178 valence electrons. The van der Waals surface area contributed by atoms with Crippen molar-refractivity contribution in [1.29, 1.82) is 0 Å². The summed E-state index contributed by atoms with van der Waals surface area (Å²) in [6.45, 7) is 6.36. The van der Waals surface area contributed by atoms with E-state index in [1.54, 1.807) is 19.1 Å². The van der Waals surface area contributed by atoms with Gasteiger partial charge < -0.3 is 10.1 Å². The zero-order valence-electron chi connectivity index (χ0n) is 18.8. The smallest absolute Gasteiger partial charge is 0.341 e. The number of aryl methyl sites for hydroxylation is 1. The standard InChI is InChI=1S/C24H25ClN4O3S2/c1-3-13-29-21(15-9-5-7-11-17(15)25)27-28-24(29)33-14-19(30)26-22-20(23(31)32-4-2)16-10-6-8-12-18(16)34-22/h3,5,7,9,11H,1,4,6,8,10,12-14H2,2H3,(H,26,30). The number of anilines is 1. The molecule has 1 aliphatic rings. The summed E-state index contributed by atoms with van der Waals surface area (Å²) < 4.78 is 7.15. The van der Waals surface area contributed by atoms with Crippen molar-refractivity contribution in [3.63, 3.8) is 0 Å². The Labute approximate surface area is 211 Å². The van der Waals surface area contributed by atoms with E-state index in [1.807, 2.05) is 22.8 Å². The molecule has 0 unspecified atom stereocenters. The van der Waals surface area contributed by atoms with Gasteiger partial charge in [-0.3, -0.25) is 9.36 Å². The monoisotopic (exact) mass is 516 g/mol. The quantitative estimate of drug-likeness (QED) is 0.225. The molecule has 0 radical (unpaired) electrons. The van der Waals surface area contributed by atoms with Gasteiger partial charge in [0.2, 0.25) is 5.91 Å². The Hall–Kier alpha value is -2.62. The highest BCUT2D eigenvalue weighted by Crippen LogP contribution is 2.39. The highest BCUT2D eigenvalue weighted by Gasteiger charge is 2.27. The minimum atomic E-state index is -0.375.